The number of hydrogen-bond acceptors (Lipinski definition) is 4. The maximum atomic E-state index is 10.7. The van der Waals surface area contributed by atoms with Gasteiger partial charge in [-0.25, -0.2) is 0 Å². The Hall–Kier alpha value is -1.14. The fraction of sp³-hybridized carbons (Fsp3) is 0.364. The van der Waals surface area contributed by atoms with Crippen LogP contribution in [0.25, 0.3) is 0 Å². The van der Waals surface area contributed by atoms with Crippen LogP contribution >= 0.6 is 24.0 Å². The van der Waals surface area contributed by atoms with Gasteiger partial charge in [-0.2, -0.15) is 0 Å². The van der Waals surface area contributed by atoms with Crippen molar-refractivity contribution >= 4 is 28.3 Å². The minimum absolute atomic E-state index is 0.122. The van der Waals surface area contributed by atoms with Gasteiger partial charge in [-0.05, 0) is 5.56 Å². The van der Waals surface area contributed by atoms with E-state index in [1.165, 1.54) is 11.8 Å². The third-order valence-corrected chi connectivity index (χ3v) is 4.02. The molecule has 0 spiro atoms. The van der Waals surface area contributed by atoms with E-state index in [2.05, 4.69) is 0 Å². The number of rotatable bonds is 4. The largest absolute Gasteiger partial charge is 0.364 e. The van der Waals surface area contributed by atoms with Crippen molar-refractivity contribution in [2.45, 2.75) is 5.25 Å². The summed E-state index contributed by atoms with van der Waals surface area (Å²) in [7, 11) is 3.67. The molecule has 0 bridgehead atoms. The van der Waals surface area contributed by atoms with Crippen LogP contribution in [0, 0.1) is 10.1 Å². The van der Waals surface area contributed by atoms with Gasteiger partial charge in [0.2, 0.25) is 6.54 Å². The van der Waals surface area contributed by atoms with Crippen LogP contribution in [0.4, 0.5) is 0 Å². The SMILES string of the molecule is CN(C)C(=S)SC(C[N+](=O)[O-])c1ccccc1. The molecule has 1 atom stereocenters. The first-order chi connectivity index (χ1) is 8.00. The van der Waals surface area contributed by atoms with Gasteiger partial charge >= 0.3 is 0 Å². The lowest BCUT2D eigenvalue weighted by Gasteiger charge is -2.18. The zero-order valence-electron chi connectivity index (χ0n) is 9.70. The van der Waals surface area contributed by atoms with Gasteiger partial charge in [0, 0.05) is 19.0 Å². The molecule has 1 unspecified atom stereocenters. The van der Waals surface area contributed by atoms with Crippen LogP contribution in [0.3, 0.4) is 0 Å². The molecule has 0 saturated heterocycles. The molecule has 92 valence electrons. The van der Waals surface area contributed by atoms with Crippen LogP contribution in [-0.2, 0) is 0 Å². The molecule has 17 heavy (non-hydrogen) atoms. The van der Waals surface area contributed by atoms with Crippen LogP contribution in [0.1, 0.15) is 10.8 Å². The number of thiocarbonyl (C=S) groups is 1. The van der Waals surface area contributed by atoms with Crippen LogP contribution in [0.5, 0.6) is 0 Å². The van der Waals surface area contributed by atoms with Gasteiger partial charge in [-0.15, -0.1) is 0 Å². The first-order valence-electron chi connectivity index (χ1n) is 5.05. The molecule has 0 aliphatic carbocycles. The predicted molar refractivity (Wildman–Crippen MR) is 74.9 cm³/mol. The Morgan fingerprint density at radius 3 is 2.53 bits per heavy atom. The monoisotopic (exact) mass is 270 g/mol. The Morgan fingerprint density at radius 1 is 1.47 bits per heavy atom. The van der Waals surface area contributed by atoms with E-state index in [0.717, 1.165) is 5.56 Å². The van der Waals surface area contributed by atoms with Crippen LogP contribution in [-0.4, -0.2) is 34.8 Å². The van der Waals surface area contributed by atoms with Crippen molar-refractivity contribution in [3.63, 3.8) is 0 Å². The van der Waals surface area contributed by atoms with Crippen molar-refractivity contribution in [3.05, 3.63) is 46.0 Å². The Bertz CT molecular complexity index is 396. The molecule has 0 fully saturated rings. The second kappa shape index (κ2) is 6.56. The summed E-state index contributed by atoms with van der Waals surface area (Å²) in [5, 5.41) is 10.4. The second-order valence-corrected chi connectivity index (χ2v) is 5.53. The fourth-order valence-corrected chi connectivity index (χ4v) is 2.53. The Kier molecular flexibility index (Phi) is 5.37. The molecule has 0 aromatic heterocycles. The van der Waals surface area contributed by atoms with Gasteiger partial charge < -0.3 is 4.90 Å². The second-order valence-electron chi connectivity index (χ2n) is 3.69. The average molecular weight is 270 g/mol. The third-order valence-electron chi connectivity index (χ3n) is 2.09. The van der Waals surface area contributed by atoms with Gasteiger partial charge in [0.05, 0.1) is 0 Å². The average Bonchev–Trinajstić information content (AvgIpc) is 2.28. The van der Waals surface area contributed by atoms with E-state index in [9.17, 15) is 10.1 Å². The van der Waals surface area contributed by atoms with Crippen molar-refractivity contribution in [2.75, 3.05) is 20.6 Å². The molecule has 0 aliphatic rings. The Morgan fingerprint density at radius 2 is 2.06 bits per heavy atom. The molecule has 0 radical (unpaired) electrons. The highest BCUT2D eigenvalue weighted by Crippen LogP contribution is 2.30. The maximum Gasteiger partial charge on any atom is 0.220 e. The van der Waals surface area contributed by atoms with E-state index in [-0.39, 0.29) is 16.7 Å². The molecule has 0 amide bonds. The lowest BCUT2D eigenvalue weighted by Crippen LogP contribution is -2.20. The summed E-state index contributed by atoms with van der Waals surface area (Å²) in [6.07, 6.45) is 0. The van der Waals surface area contributed by atoms with E-state index in [1.54, 1.807) is 4.90 Å². The van der Waals surface area contributed by atoms with Gasteiger partial charge in [0.25, 0.3) is 0 Å². The molecule has 0 N–H and O–H groups in total. The summed E-state index contributed by atoms with van der Waals surface area (Å²) in [6, 6.07) is 9.42. The summed E-state index contributed by atoms with van der Waals surface area (Å²) < 4.78 is 0.653. The molecule has 6 heteroatoms. The maximum absolute atomic E-state index is 10.7. The van der Waals surface area contributed by atoms with Gasteiger partial charge in [-0.3, -0.25) is 10.1 Å². The molecule has 1 rings (SSSR count). The molecule has 0 aliphatic heterocycles. The highest BCUT2D eigenvalue weighted by atomic mass is 32.2. The van der Waals surface area contributed by atoms with Crippen LogP contribution in [0.15, 0.2) is 30.3 Å². The van der Waals surface area contributed by atoms with E-state index >= 15 is 0 Å². The van der Waals surface area contributed by atoms with Gasteiger partial charge in [0.15, 0.2) is 0 Å². The minimum atomic E-state index is -0.303. The standard InChI is InChI=1S/C11H14N2O2S2/c1-12(2)11(16)17-10(8-13(14)15)9-6-4-3-5-7-9/h3-7,10H,8H2,1-2H3. The topological polar surface area (TPSA) is 46.4 Å². The molecule has 1 aromatic rings. The molecule has 1 aromatic carbocycles. The lowest BCUT2D eigenvalue weighted by atomic mass is 10.1. The number of benzene rings is 1. The minimum Gasteiger partial charge on any atom is -0.364 e. The molecular weight excluding hydrogens is 256 g/mol. The zero-order chi connectivity index (χ0) is 12.8. The fourth-order valence-electron chi connectivity index (χ4n) is 1.24. The van der Waals surface area contributed by atoms with E-state index in [0.29, 0.717) is 4.32 Å². The first-order valence-corrected chi connectivity index (χ1v) is 6.34. The number of thioether (sulfide) groups is 1. The zero-order valence-corrected chi connectivity index (χ0v) is 11.3. The van der Waals surface area contributed by atoms with Gasteiger partial charge in [0.1, 0.15) is 9.57 Å². The van der Waals surface area contributed by atoms with E-state index in [4.69, 9.17) is 12.2 Å². The molecule has 0 heterocycles. The summed E-state index contributed by atoms with van der Waals surface area (Å²) in [6.45, 7) is -0.122. The third kappa shape index (κ3) is 4.70. The van der Waals surface area contributed by atoms with Crippen LogP contribution < -0.4 is 0 Å². The smallest absolute Gasteiger partial charge is 0.220 e. The highest BCUT2D eigenvalue weighted by Gasteiger charge is 2.20. The summed E-state index contributed by atoms with van der Waals surface area (Å²) >= 11 is 6.52. The predicted octanol–water partition coefficient (Wildman–Crippen LogP) is 2.58. The highest BCUT2D eigenvalue weighted by molar-refractivity contribution is 8.23. The summed E-state index contributed by atoms with van der Waals surface area (Å²) in [5.41, 5.74) is 0.929. The molecule has 4 nitrogen and oxygen atoms in total. The number of nitro groups is 1. The first kappa shape index (κ1) is 13.9. The van der Waals surface area contributed by atoms with E-state index < -0.39 is 0 Å². The van der Waals surface area contributed by atoms with Crippen LogP contribution in [0.2, 0.25) is 0 Å². The molecular formula is C11H14N2O2S2. The summed E-state index contributed by atoms with van der Waals surface area (Å²) in [5.74, 6) is 0. The lowest BCUT2D eigenvalue weighted by molar-refractivity contribution is -0.479. The van der Waals surface area contributed by atoms with Crippen molar-refractivity contribution in [2.24, 2.45) is 0 Å². The summed E-state index contributed by atoms with van der Waals surface area (Å²) in [4.78, 5) is 12.2. The van der Waals surface area contributed by atoms with E-state index in [1.807, 2.05) is 44.4 Å². The Balaban J connectivity index is 2.81. The van der Waals surface area contributed by atoms with Crippen molar-refractivity contribution in [1.29, 1.82) is 0 Å². The van der Waals surface area contributed by atoms with Crippen molar-refractivity contribution in [3.8, 4) is 0 Å². The Labute approximate surface area is 110 Å². The molecule has 0 saturated carbocycles. The van der Waals surface area contributed by atoms with Crippen molar-refractivity contribution in [1.82, 2.24) is 4.90 Å². The van der Waals surface area contributed by atoms with Gasteiger partial charge in [-0.1, -0.05) is 54.3 Å². The van der Waals surface area contributed by atoms with Crippen molar-refractivity contribution < 1.29 is 4.92 Å². The number of nitrogens with zero attached hydrogens (tertiary/aromatic N) is 2. The normalized spacial score (nSPS) is 11.9. The number of hydrogen-bond donors (Lipinski definition) is 0. The quantitative estimate of drug-likeness (QED) is 0.478.